The molecule has 2 rings (SSSR count). The Hall–Kier alpha value is -1.90. The number of carbonyl (C=O) groups is 1. The van der Waals surface area contributed by atoms with Crippen LogP contribution in [0.1, 0.15) is 41.6 Å². The second-order valence-corrected chi connectivity index (χ2v) is 4.96. The van der Waals surface area contributed by atoms with Crippen molar-refractivity contribution in [1.29, 1.82) is 0 Å². The van der Waals surface area contributed by atoms with Crippen LogP contribution < -0.4 is 5.43 Å². The Kier molecular flexibility index (Phi) is 5.73. The van der Waals surface area contributed by atoms with Crippen LogP contribution in [0.5, 0.6) is 0 Å². The van der Waals surface area contributed by atoms with Gasteiger partial charge in [-0.05, 0) is 31.0 Å². The molecule has 0 aromatic heterocycles. The molecule has 0 spiro atoms. The van der Waals surface area contributed by atoms with E-state index in [-0.39, 0.29) is 12.2 Å². The van der Waals surface area contributed by atoms with Crippen LogP contribution in [0.4, 0.5) is 4.39 Å². The maximum absolute atomic E-state index is 13.8. The number of carbonyl (C=O) groups excluding carboxylic acids is 1. The highest BCUT2D eigenvalue weighted by Gasteiger charge is 2.17. The normalized spacial score (nSPS) is 15.1. The maximum Gasteiger partial charge on any atom is 0.268 e. The van der Waals surface area contributed by atoms with E-state index in [2.05, 4.69) is 17.3 Å². The van der Waals surface area contributed by atoms with Crippen molar-refractivity contribution in [3.63, 3.8) is 0 Å². The summed E-state index contributed by atoms with van der Waals surface area (Å²) in [7, 11) is 0. The van der Waals surface area contributed by atoms with Crippen molar-refractivity contribution in [2.45, 2.75) is 25.7 Å². The summed E-state index contributed by atoms with van der Waals surface area (Å²) >= 11 is 0. The van der Waals surface area contributed by atoms with Gasteiger partial charge in [0.1, 0.15) is 5.82 Å². The zero-order chi connectivity index (χ0) is 15.1. The van der Waals surface area contributed by atoms with Gasteiger partial charge in [-0.15, -0.1) is 0 Å². The van der Waals surface area contributed by atoms with Crippen LogP contribution in [0, 0.1) is 17.7 Å². The number of hydrogen-bond acceptors (Lipinski definition) is 3. The molecule has 1 aliphatic heterocycles. The topological polar surface area (TPSA) is 52.6 Å². The smallest absolute Gasteiger partial charge is 0.268 e. The first-order chi connectivity index (χ1) is 10.2. The first-order valence-corrected chi connectivity index (χ1v) is 7.16. The molecule has 2 N–H and O–H groups in total. The van der Waals surface area contributed by atoms with E-state index in [4.69, 9.17) is 5.11 Å². The summed E-state index contributed by atoms with van der Waals surface area (Å²) in [5, 5.41) is 10.5. The lowest BCUT2D eigenvalue weighted by molar-refractivity contribution is 0.0746. The fourth-order valence-electron chi connectivity index (χ4n) is 2.21. The van der Waals surface area contributed by atoms with Gasteiger partial charge in [0.05, 0.1) is 12.2 Å². The molecule has 0 unspecified atom stereocenters. The van der Waals surface area contributed by atoms with Crippen LogP contribution >= 0.6 is 0 Å². The lowest BCUT2D eigenvalue weighted by Crippen LogP contribution is -2.45. The van der Waals surface area contributed by atoms with Gasteiger partial charge in [-0.25, -0.2) is 9.40 Å². The lowest BCUT2D eigenvalue weighted by Gasteiger charge is -2.26. The van der Waals surface area contributed by atoms with E-state index >= 15 is 0 Å². The summed E-state index contributed by atoms with van der Waals surface area (Å²) in [6.07, 6.45) is 3.59. The van der Waals surface area contributed by atoms with Crippen LogP contribution in [0.2, 0.25) is 0 Å². The molecular weight excluding hydrogens is 271 g/mol. The first-order valence-electron chi connectivity index (χ1n) is 7.16. The largest absolute Gasteiger partial charge is 0.395 e. The molecule has 1 aliphatic rings. The van der Waals surface area contributed by atoms with Gasteiger partial charge in [0.2, 0.25) is 0 Å². The number of piperidine rings is 1. The SMILES string of the molecule is O=C(NN1CCCCC1)c1cc(C#CCCO)ccc1F. The highest BCUT2D eigenvalue weighted by molar-refractivity contribution is 5.94. The summed E-state index contributed by atoms with van der Waals surface area (Å²) < 4.78 is 13.8. The Morgan fingerprint density at radius 2 is 2.10 bits per heavy atom. The number of halogens is 1. The predicted molar refractivity (Wildman–Crippen MR) is 77.9 cm³/mol. The van der Waals surface area contributed by atoms with Crippen molar-refractivity contribution >= 4 is 5.91 Å². The van der Waals surface area contributed by atoms with E-state index in [1.807, 2.05) is 5.01 Å². The molecular formula is C16H19FN2O2. The summed E-state index contributed by atoms with van der Waals surface area (Å²) in [6, 6.07) is 4.21. The monoisotopic (exact) mass is 290 g/mol. The molecule has 1 amide bonds. The van der Waals surface area contributed by atoms with Gasteiger partial charge in [-0.3, -0.25) is 10.2 Å². The van der Waals surface area contributed by atoms with Gasteiger partial charge in [-0.1, -0.05) is 18.3 Å². The van der Waals surface area contributed by atoms with E-state index in [1.165, 1.54) is 18.2 Å². The van der Waals surface area contributed by atoms with Gasteiger partial charge in [0, 0.05) is 25.1 Å². The van der Waals surface area contributed by atoms with Gasteiger partial charge in [-0.2, -0.15) is 0 Å². The number of hydrogen-bond donors (Lipinski definition) is 2. The highest BCUT2D eigenvalue weighted by Crippen LogP contribution is 2.12. The number of rotatable bonds is 3. The third-order valence-electron chi connectivity index (χ3n) is 3.30. The van der Waals surface area contributed by atoms with Gasteiger partial charge in [0.25, 0.3) is 5.91 Å². The number of nitrogens with zero attached hydrogens (tertiary/aromatic N) is 1. The standard InChI is InChI=1S/C16H19FN2O2/c17-15-8-7-13(6-2-5-11-20)12-14(15)16(21)18-19-9-3-1-4-10-19/h7-8,12,20H,1,3-5,9-11H2,(H,18,21). The zero-order valence-electron chi connectivity index (χ0n) is 11.9. The van der Waals surface area contributed by atoms with Crippen LogP contribution in [0.25, 0.3) is 0 Å². The molecule has 1 saturated heterocycles. The Morgan fingerprint density at radius 3 is 2.81 bits per heavy atom. The molecule has 0 atom stereocenters. The molecule has 0 radical (unpaired) electrons. The first kappa shape index (κ1) is 15.5. The lowest BCUT2D eigenvalue weighted by atomic mass is 10.1. The third-order valence-corrected chi connectivity index (χ3v) is 3.30. The average molecular weight is 290 g/mol. The molecule has 4 nitrogen and oxygen atoms in total. The van der Waals surface area contributed by atoms with Gasteiger partial charge >= 0.3 is 0 Å². The highest BCUT2D eigenvalue weighted by atomic mass is 19.1. The minimum absolute atomic E-state index is 0.00336. The number of nitrogens with one attached hydrogen (secondary N) is 1. The molecule has 0 bridgehead atoms. The maximum atomic E-state index is 13.8. The summed E-state index contributed by atoms with van der Waals surface area (Å²) in [4.78, 5) is 12.1. The van der Waals surface area contributed by atoms with E-state index < -0.39 is 11.7 Å². The summed E-state index contributed by atoms with van der Waals surface area (Å²) in [6.45, 7) is 1.57. The molecule has 5 heteroatoms. The van der Waals surface area contributed by atoms with Crippen molar-refractivity contribution in [2.75, 3.05) is 19.7 Å². The Morgan fingerprint density at radius 1 is 1.33 bits per heavy atom. The zero-order valence-corrected chi connectivity index (χ0v) is 11.9. The summed E-state index contributed by atoms with van der Waals surface area (Å²) in [5.74, 6) is 4.55. The van der Waals surface area contributed by atoms with E-state index in [0.717, 1.165) is 32.4 Å². The van der Waals surface area contributed by atoms with Crippen LogP contribution in [0.3, 0.4) is 0 Å². The van der Waals surface area contributed by atoms with Crippen LogP contribution in [-0.2, 0) is 0 Å². The van der Waals surface area contributed by atoms with Crippen molar-refractivity contribution in [2.24, 2.45) is 0 Å². The van der Waals surface area contributed by atoms with Crippen molar-refractivity contribution < 1.29 is 14.3 Å². The van der Waals surface area contributed by atoms with E-state index in [1.54, 1.807) is 0 Å². The molecule has 112 valence electrons. The molecule has 1 aromatic carbocycles. The fourth-order valence-corrected chi connectivity index (χ4v) is 2.21. The Balaban J connectivity index is 2.08. The molecule has 0 saturated carbocycles. The molecule has 1 heterocycles. The minimum Gasteiger partial charge on any atom is -0.395 e. The number of hydrazine groups is 1. The van der Waals surface area contributed by atoms with Crippen LogP contribution in [0.15, 0.2) is 18.2 Å². The molecule has 0 aliphatic carbocycles. The number of amides is 1. The van der Waals surface area contributed by atoms with Gasteiger partial charge < -0.3 is 5.11 Å². The van der Waals surface area contributed by atoms with E-state index in [9.17, 15) is 9.18 Å². The van der Waals surface area contributed by atoms with Crippen LogP contribution in [-0.4, -0.2) is 35.7 Å². The number of aliphatic hydroxyl groups is 1. The summed E-state index contributed by atoms with van der Waals surface area (Å²) in [5.41, 5.74) is 3.30. The average Bonchev–Trinajstić information content (AvgIpc) is 2.50. The fraction of sp³-hybridized carbons (Fsp3) is 0.438. The van der Waals surface area contributed by atoms with Gasteiger partial charge in [0.15, 0.2) is 0 Å². The molecule has 1 fully saturated rings. The predicted octanol–water partition coefficient (Wildman–Crippen LogP) is 1.69. The van der Waals surface area contributed by atoms with Crippen molar-refractivity contribution in [3.05, 3.63) is 35.1 Å². The minimum atomic E-state index is -0.558. The van der Waals surface area contributed by atoms with Crippen molar-refractivity contribution in [1.82, 2.24) is 10.4 Å². The molecule has 21 heavy (non-hydrogen) atoms. The van der Waals surface area contributed by atoms with Crippen molar-refractivity contribution in [3.8, 4) is 11.8 Å². The number of benzene rings is 1. The third kappa shape index (κ3) is 4.55. The van der Waals surface area contributed by atoms with E-state index in [0.29, 0.717) is 12.0 Å². The second kappa shape index (κ2) is 7.77. The molecule has 1 aromatic rings. The Labute approximate surface area is 123 Å². The quantitative estimate of drug-likeness (QED) is 0.833. The number of aliphatic hydroxyl groups excluding tert-OH is 1. The Bertz CT molecular complexity index is 557. The second-order valence-electron chi connectivity index (χ2n) is 4.96.